The van der Waals surface area contributed by atoms with E-state index in [1.807, 2.05) is 0 Å². The van der Waals surface area contributed by atoms with Crippen LogP contribution in [0.2, 0.25) is 0 Å². The minimum Gasteiger partial charge on any atom is -0.330 e. The fraction of sp³-hybridized carbons (Fsp3) is 1.00. The summed E-state index contributed by atoms with van der Waals surface area (Å²) in [6.45, 7) is 12.5. The van der Waals surface area contributed by atoms with Crippen LogP contribution in [-0.2, 0) is 0 Å². The summed E-state index contributed by atoms with van der Waals surface area (Å²) in [4.78, 5) is 5.04. The van der Waals surface area contributed by atoms with Crippen LogP contribution in [0, 0.1) is 5.92 Å². The van der Waals surface area contributed by atoms with Crippen LogP contribution in [0.3, 0.4) is 0 Å². The van der Waals surface area contributed by atoms with Crippen LogP contribution in [0.1, 0.15) is 27.2 Å². The van der Waals surface area contributed by atoms with Crippen LogP contribution in [0.4, 0.5) is 0 Å². The molecule has 0 spiro atoms. The van der Waals surface area contributed by atoms with Crippen molar-refractivity contribution in [2.24, 2.45) is 11.7 Å². The quantitative estimate of drug-likeness (QED) is 0.756. The Morgan fingerprint density at radius 3 is 2.53 bits per heavy atom. The number of nitrogens with zero attached hydrogens (tertiary/aromatic N) is 2. The minimum atomic E-state index is 0.320. The Hall–Kier alpha value is -0.120. The number of hydrogen-bond donors (Lipinski definition) is 1. The Morgan fingerprint density at radius 1 is 1.33 bits per heavy atom. The van der Waals surface area contributed by atoms with E-state index in [0.29, 0.717) is 5.54 Å². The highest BCUT2D eigenvalue weighted by atomic mass is 15.3. The average molecular weight is 213 g/mol. The van der Waals surface area contributed by atoms with Gasteiger partial charge in [-0.15, -0.1) is 0 Å². The van der Waals surface area contributed by atoms with Crippen molar-refractivity contribution in [3.8, 4) is 0 Å². The van der Waals surface area contributed by atoms with E-state index >= 15 is 0 Å². The standard InChI is InChI=1S/C12H27N3/c1-11(5-6-13)9-15-8-7-14(4)12(2,3)10-15/h11H,5-10,13H2,1-4H3. The van der Waals surface area contributed by atoms with Crippen LogP contribution in [0.5, 0.6) is 0 Å². The predicted molar refractivity (Wildman–Crippen MR) is 66.0 cm³/mol. The maximum absolute atomic E-state index is 5.58. The van der Waals surface area contributed by atoms with E-state index < -0.39 is 0 Å². The molecule has 0 amide bonds. The molecule has 1 atom stereocenters. The third kappa shape index (κ3) is 3.74. The second-order valence-corrected chi connectivity index (χ2v) is 5.65. The zero-order chi connectivity index (χ0) is 11.5. The molecule has 0 bridgehead atoms. The van der Waals surface area contributed by atoms with Crippen LogP contribution in [-0.4, -0.2) is 55.1 Å². The monoisotopic (exact) mass is 213 g/mol. The zero-order valence-electron chi connectivity index (χ0n) is 10.8. The van der Waals surface area contributed by atoms with E-state index in [2.05, 4.69) is 37.6 Å². The molecule has 1 fully saturated rings. The van der Waals surface area contributed by atoms with E-state index in [1.54, 1.807) is 0 Å². The molecule has 0 aromatic rings. The van der Waals surface area contributed by atoms with Crippen LogP contribution >= 0.6 is 0 Å². The molecule has 0 radical (unpaired) electrons. The molecule has 0 aromatic heterocycles. The lowest BCUT2D eigenvalue weighted by molar-refractivity contribution is 0.0329. The summed E-state index contributed by atoms with van der Waals surface area (Å²) in [5.74, 6) is 0.731. The molecule has 2 N–H and O–H groups in total. The molecule has 0 saturated carbocycles. The SMILES string of the molecule is CC(CCN)CN1CCN(C)C(C)(C)C1. The normalized spacial score (nSPS) is 25.4. The number of rotatable bonds is 4. The molecule has 1 unspecified atom stereocenters. The van der Waals surface area contributed by atoms with Gasteiger partial charge in [0, 0.05) is 31.7 Å². The topological polar surface area (TPSA) is 32.5 Å². The Bertz CT molecular complexity index is 191. The van der Waals surface area contributed by atoms with E-state index in [0.717, 1.165) is 18.9 Å². The molecule has 90 valence electrons. The van der Waals surface area contributed by atoms with Crippen molar-refractivity contribution in [3.63, 3.8) is 0 Å². The Balaban J connectivity index is 2.38. The van der Waals surface area contributed by atoms with Crippen molar-refractivity contribution in [2.45, 2.75) is 32.7 Å². The van der Waals surface area contributed by atoms with Crippen LogP contribution in [0.15, 0.2) is 0 Å². The molecule has 1 aliphatic rings. The molecule has 15 heavy (non-hydrogen) atoms. The summed E-state index contributed by atoms with van der Waals surface area (Å²) >= 11 is 0. The molecule has 1 heterocycles. The van der Waals surface area contributed by atoms with Crippen molar-refractivity contribution in [2.75, 3.05) is 39.8 Å². The maximum Gasteiger partial charge on any atom is 0.0277 e. The van der Waals surface area contributed by atoms with Gasteiger partial charge < -0.3 is 5.73 Å². The van der Waals surface area contributed by atoms with Gasteiger partial charge in [-0.25, -0.2) is 0 Å². The van der Waals surface area contributed by atoms with E-state index in [9.17, 15) is 0 Å². The average Bonchev–Trinajstić information content (AvgIpc) is 2.11. The van der Waals surface area contributed by atoms with Gasteiger partial charge in [0.2, 0.25) is 0 Å². The smallest absolute Gasteiger partial charge is 0.0277 e. The van der Waals surface area contributed by atoms with Gasteiger partial charge in [0.1, 0.15) is 0 Å². The molecule has 1 aliphatic heterocycles. The van der Waals surface area contributed by atoms with Gasteiger partial charge in [-0.05, 0) is 39.8 Å². The molecule has 3 nitrogen and oxygen atoms in total. The van der Waals surface area contributed by atoms with Crippen LogP contribution in [0.25, 0.3) is 0 Å². The van der Waals surface area contributed by atoms with Crippen molar-refractivity contribution in [3.05, 3.63) is 0 Å². The number of piperazine rings is 1. The van der Waals surface area contributed by atoms with Gasteiger partial charge in [0.15, 0.2) is 0 Å². The van der Waals surface area contributed by atoms with Gasteiger partial charge in [0.25, 0.3) is 0 Å². The Kier molecular flexibility index (Phi) is 4.56. The first kappa shape index (κ1) is 12.9. The number of likely N-dealkylation sites (N-methyl/N-ethyl adjacent to an activating group) is 1. The number of nitrogens with two attached hydrogens (primary N) is 1. The molecule has 1 saturated heterocycles. The summed E-state index contributed by atoms with van der Waals surface area (Å²) in [5, 5.41) is 0. The van der Waals surface area contributed by atoms with E-state index in [4.69, 9.17) is 5.73 Å². The molecular weight excluding hydrogens is 186 g/mol. The van der Waals surface area contributed by atoms with Crippen molar-refractivity contribution >= 4 is 0 Å². The second-order valence-electron chi connectivity index (χ2n) is 5.65. The summed E-state index contributed by atoms with van der Waals surface area (Å²) in [7, 11) is 2.22. The first-order chi connectivity index (χ1) is 6.95. The van der Waals surface area contributed by atoms with E-state index in [-0.39, 0.29) is 0 Å². The molecule has 1 rings (SSSR count). The molecular formula is C12H27N3. The lowest BCUT2D eigenvalue weighted by atomic mass is 9.98. The summed E-state index contributed by atoms with van der Waals surface area (Å²) in [6.07, 6.45) is 1.15. The fourth-order valence-electron chi connectivity index (χ4n) is 2.31. The Labute approximate surface area is 94.6 Å². The fourth-order valence-corrected chi connectivity index (χ4v) is 2.31. The second kappa shape index (κ2) is 5.28. The summed E-state index contributed by atoms with van der Waals surface area (Å²) in [6, 6.07) is 0. The molecule has 3 heteroatoms. The van der Waals surface area contributed by atoms with E-state index in [1.165, 1.54) is 26.2 Å². The lowest BCUT2D eigenvalue weighted by Crippen LogP contribution is -2.58. The molecule has 0 aliphatic carbocycles. The van der Waals surface area contributed by atoms with Crippen molar-refractivity contribution < 1.29 is 0 Å². The first-order valence-corrected chi connectivity index (χ1v) is 6.09. The summed E-state index contributed by atoms with van der Waals surface area (Å²) < 4.78 is 0. The Morgan fingerprint density at radius 2 is 2.00 bits per heavy atom. The third-order valence-electron chi connectivity index (χ3n) is 3.62. The van der Waals surface area contributed by atoms with Gasteiger partial charge >= 0.3 is 0 Å². The first-order valence-electron chi connectivity index (χ1n) is 6.09. The number of hydrogen-bond acceptors (Lipinski definition) is 3. The summed E-state index contributed by atoms with van der Waals surface area (Å²) in [5.41, 5.74) is 5.90. The lowest BCUT2D eigenvalue weighted by Gasteiger charge is -2.46. The van der Waals surface area contributed by atoms with Gasteiger partial charge in [-0.3, -0.25) is 9.80 Å². The zero-order valence-corrected chi connectivity index (χ0v) is 10.8. The minimum absolute atomic E-state index is 0.320. The highest BCUT2D eigenvalue weighted by Gasteiger charge is 2.31. The van der Waals surface area contributed by atoms with Gasteiger partial charge in [-0.2, -0.15) is 0 Å². The van der Waals surface area contributed by atoms with Gasteiger partial charge in [-0.1, -0.05) is 6.92 Å². The predicted octanol–water partition coefficient (Wildman–Crippen LogP) is 0.997. The highest BCUT2D eigenvalue weighted by Crippen LogP contribution is 2.19. The molecule has 0 aromatic carbocycles. The van der Waals surface area contributed by atoms with Crippen LogP contribution < -0.4 is 5.73 Å². The third-order valence-corrected chi connectivity index (χ3v) is 3.62. The maximum atomic E-state index is 5.58. The van der Waals surface area contributed by atoms with Crippen molar-refractivity contribution in [1.82, 2.24) is 9.80 Å². The highest BCUT2D eigenvalue weighted by molar-refractivity contribution is 4.88. The van der Waals surface area contributed by atoms with Crippen molar-refractivity contribution in [1.29, 1.82) is 0 Å². The van der Waals surface area contributed by atoms with Gasteiger partial charge in [0.05, 0.1) is 0 Å². The largest absolute Gasteiger partial charge is 0.330 e.